The van der Waals surface area contributed by atoms with Gasteiger partial charge in [0.15, 0.2) is 6.29 Å². The van der Waals surface area contributed by atoms with E-state index in [-0.39, 0.29) is 24.7 Å². The fourth-order valence-electron chi connectivity index (χ4n) is 4.61. The summed E-state index contributed by atoms with van der Waals surface area (Å²) in [6.45, 7) is 5.45. The molecule has 6 nitrogen and oxygen atoms in total. The quantitative estimate of drug-likeness (QED) is 0.0483. The van der Waals surface area contributed by atoms with Crippen molar-refractivity contribution >= 4 is 13.6 Å². The summed E-state index contributed by atoms with van der Waals surface area (Å²) in [5, 5.41) is 0. The lowest BCUT2D eigenvalue weighted by molar-refractivity contribution is -0.439. The molecule has 0 unspecified atom stereocenters. The van der Waals surface area contributed by atoms with Crippen molar-refractivity contribution in [2.75, 3.05) is 19.5 Å². The van der Waals surface area contributed by atoms with Gasteiger partial charge in [0.25, 0.3) is 0 Å². The molecule has 0 atom stereocenters. The van der Waals surface area contributed by atoms with Gasteiger partial charge < -0.3 is 21.5 Å². The topological polar surface area (TPSA) is 102 Å². The zero-order chi connectivity index (χ0) is 27.3. The minimum absolute atomic E-state index is 0. The van der Waals surface area contributed by atoms with Crippen LogP contribution in [0.15, 0.2) is 0 Å². The highest BCUT2D eigenvalue weighted by Crippen LogP contribution is 2.46. The van der Waals surface area contributed by atoms with Crippen LogP contribution in [0.3, 0.4) is 0 Å². The van der Waals surface area contributed by atoms with Crippen LogP contribution in [0.5, 0.6) is 0 Å². The molecular formula is C30H65ClN3O3P. The van der Waals surface area contributed by atoms with Crippen LogP contribution in [0.2, 0.25) is 0 Å². The second kappa shape index (κ2) is 31.2. The minimum atomic E-state index is -3.23. The van der Waals surface area contributed by atoms with Crippen LogP contribution in [0, 0.1) is 0 Å². The van der Waals surface area contributed by atoms with Crippen molar-refractivity contribution < 1.29 is 31.0 Å². The largest absolute Gasteiger partial charge is 1.00 e. The Balaban J connectivity index is 0. The summed E-state index contributed by atoms with van der Waals surface area (Å²) in [5.74, 6) is 0.0446. The molecule has 0 aromatic heterocycles. The molecule has 0 aliphatic carbocycles. The van der Waals surface area contributed by atoms with Gasteiger partial charge in [0.2, 0.25) is 0 Å². The maximum Gasteiger partial charge on any atom is 0.364 e. The highest BCUT2D eigenvalue weighted by molar-refractivity contribution is 7.53. The van der Waals surface area contributed by atoms with Gasteiger partial charge in [-0.15, -0.1) is 0 Å². The molecule has 8 heteroatoms. The van der Waals surface area contributed by atoms with E-state index in [0.717, 1.165) is 25.7 Å². The summed E-state index contributed by atoms with van der Waals surface area (Å²) in [7, 11) is -3.23. The summed E-state index contributed by atoms with van der Waals surface area (Å²) in [5.41, 5.74) is 11.0. The number of nitrogens with one attached hydrogen (secondary N) is 1. The molecule has 0 aliphatic heterocycles. The molecule has 0 rings (SSSR count). The van der Waals surface area contributed by atoms with Gasteiger partial charge in [0.05, 0.1) is 13.2 Å². The normalized spacial score (nSPS) is 11.4. The van der Waals surface area contributed by atoms with Crippen molar-refractivity contribution in [2.45, 2.75) is 168 Å². The van der Waals surface area contributed by atoms with Crippen molar-refractivity contribution in [3.05, 3.63) is 0 Å². The maximum absolute atomic E-state index is 13.1. The predicted octanol–water partition coefficient (Wildman–Crippen LogP) is 4.93. The second-order valence-corrected chi connectivity index (χ2v) is 12.9. The van der Waals surface area contributed by atoms with Crippen LogP contribution >= 0.6 is 7.60 Å². The molecule has 0 spiro atoms. The third-order valence-corrected chi connectivity index (χ3v) is 8.75. The predicted molar refractivity (Wildman–Crippen MR) is 161 cm³/mol. The highest BCUT2D eigenvalue weighted by Gasteiger charge is 2.25. The van der Waals surface area contributed by atoms with Gasteiger partial charge in [-0.1, -0.05) is 155 Å². The number of unbranched alkanes of at least 4 members (excludes halogenated alkanes) is 22. The lowest BCUT2D eigenvalue weighted by Crippen LogP contribution is -3.00. The van der Waals surface area contributed by atoms with E-state index in [0.29, 0.717) is 13.2 Å². The molecule has 0 fully saturated rings. The van der Waals surface area contributed by atoms with E-state index in [1.165, 1.54) is 128 Å². The molecule has 0 saturated carbocycles. The zero-order valence-corrected chi connectivity index (χ0v) is 26.9. The van der Waals surface area contributed by atoms with Gasteiger partial charge in [-0.05, 0) is 12.8 Å². The first-order valence-electron chi connectivity index (χ1n) is 16.0. The number of rotatable bonds is 30. The lowest BCUT2D eigenvalue weighted by Gasteiger charge is -2.16. The number of nitrogens with two attached hydrogens (primary N) is 2. The third kappa shape index (κ3) is 30.3. The summed E-state index contributed by atoms with van der Waals surface area (Å²) < 4.78 is 24.5. The zero-order valence-electron chi connectivity index (χ0n) is 25.3. The molecule has 0 bridgehead atoms. The van der Waals surface area contributed by atoms with Crippen LogP contribution < -0.4 is 28.9 Å². The average Bonchev–Trinajstić information content (AvgIpc) is 2.88. The summed E-state index contributed by atoms with van der Waals surface area (Å²) in [4.78, 5) is 2.74. The molecule has 5 N–H and O–H groups in total. The van der Waals surface area contributed by atoms with Crippen molar-refractivity contribution in [1.82, 2.24) is 0 Å². The van der Waals surface area contributed by atoms with E-state index in [2.05, 4.69) is 18.8 Å². The summed E-state index contributed by atoms with van der Waals surface area (Å²) >= 11 is 0. The first-order valence-corrected chi connectivity index (χ1v) is 17.8. The van der Waals surface area contributed by atoms with Crippen molar-refractivity contribution in [3.63, 3.8) is 0 Å². The van der Waals surface area contributed by atoms with Gasteiger partial charge in [-0.2, -0.15) is 0 Å². The van der Waals surface area contributed by atoms with E-state index in [1.807, 2.05) is 0 Å². The lowest BCUT2D eigenvalue weighted by atomic mass is 10.1. The van der Waals surface area contributed by atoms with Crippen molar-refractivity contribution in [3.8, 4) is 0 Å². The van der Waals surface area contributed by atoms with Gasteiger partial charge in [-0.25, -0.2) is 0 Å². The molecule has 0 aromatic rings. The fraction of sp³-hybridized carbons (Fsp3) is 0.967. The molecule has 0 aromatic carbocycles. The molecule has 230 valence electrons. The molecule has 0 heterocycles. The first-order chi connectivity index (χ1) is 18.0. The van der Waals surface area contributed by atoms with Gasteiger partial charge in [0.1, 0.15) is 0 Å². The number of halogens is 1. The SMILES string of the molecule is CCCCCCCCCCCCCCOP(=O)(C[NH+]=C(N)N)OCCCCCCCCCCCCCC.[Cl-]. The van der Waals surface area contributed by atoms with Crippen molar-refractivity contribution in [2.24, 2.45) is 11.5 Å². The number of guanidine groups is 1. The van der Waals surface area contributed by atoms with Crippen LogP contribution in [0.4, 0.5) is 0 Å². The first kappa shape index (κ1) is 39.9. The number of hydrogen-bond donors (Lipinski definition) is 3. The standard InChI is InChI=1S/C30H64N3O3P.ClH/c1-3-5-7-9-11-13-15-17-19-21-23-25-27-35-37(34,29-33-30(31)32)36-28-26-24-22-20-18-16-14-12-10-8-6-4-2;/h3-29H2,1-2H3,(H4,31,32,33);1H. The number of hydrogen-bond acceptors (Lipinski definition) is 3. The molecule has 0 aliphatic rings. The second-order valence-electron chi connectivity index (χ2n) is 10.8. The monoisotopic (exact) mass is 581 g/mol. The van der Waals surface area contributed by atoms with Gasteiger partial charge in [-0.3, -0.25) is 21.0 Å². The van der Waals surface area contributed by atoms with Crippen molar-refractivity contribution in [1.29, 1.82) is 0 Å². The maximum atomic E-state index is 13.1. The Kier molecular flexibility index (Phi) is 32.8. The highest BCUT2D eigenvalue weighted by atomic mass is 35.5. The summed E-state index contributed by atoms with van der Waals surface area (Å²) in [6, 6.07) is 0. The van der Waals surface area contributed by atoms with Crippen LogP contribution in [0.1, 0.15) is 168 Å². The fourth-order valence-corrected chi connectivity index (χ4v) is 6.06. The van der Waals surface area contributed by atoms with E-state index in [1.54, 1.807) is 0 Å². The van der Waals surface area contributed by atoms with E-state index in [9.17, 15) is 4.57 Å². The Morgan fingerprint density at radius 3 is 1.05 bits per heavy atom. The third-order valence-electron chi connectivity index (χ3n) is 7.05. The Morgan fingerprint density at radius 2 is 0.789 bits per heavy atom. The minimum Gasteiger partial charge on any atom is -1.00 e. The van der Waals surface area contributed by atoms with E-state index >= 15 is 0 Å². The van der Waals surface area contributed by atoms with Crippen LogP contribution in [-0.4, -0.2) is 25.5 Å². The molecule has 38 heavy (non-hydrogen) atoms. The van der Waals surface area contributed by atoms with Gasteiger partial charge >= 0.3 is 13.6 Å². The van der Waals surface area contributed by atoms with Crippen LogP contribution in [-0.2, 0) is 13.6 Å². The summed E-state index contributed by atoms with van der Waals surface area (Å²) in [6.07, 6.45) is 30.9. The van der Waals surface area contributed by atoms with Gasteiger partial charge in [0, 0.05) is 0 Å². The molecule has 0 radical (unpaired) electrons. The molecule has 0 saturated heterocycles. The smallest absolute Gasteiger partial charge is 0.364 e. The van der Waals surface area contributed by atoms with Crippen LogP contribution in [0.25, 0.3) is 0 Å². The Morgan fingerprint density at radius 1 is 0.526 bits per heavy atom. The molecular weight excluding hydrogens is 517 g/mol. The Hall–Kier alpha value is -0.290. The van der Waals surface area contributed by atoms with E-state index in [4.69, 9.17) is 20.5 Å². The van der Waals surface area contributed by atoms with E-state index < -0.39 is 7.60 Å². The average molecular weight is 582 g/mol. The molecule has 0 amide bonds. The Labute approximate surface area is 243 Å². The Bertz CT molecular complexity index is 515.